The van der Waals surface area contributed by atoms with E-state index in [0.717, 1.165) is 28.1 Å². The number of hydrogen-bond acceptors (Lipinski definition) is 5. The third kappa shape index (κ3) is 4.48. The van der Waals surface area contributed by atoms with Crippen molar-refractivity contribution in [3.63, 3.8) is 0 Å². The molecule has 0 aliphatic rings. The largest absolute Gasteiger partial charge is 0.349 e. The van der Waals surface area contributed by atoms with Gasteiger partial charge in [-0.2, -0.15) is 5.10 Å². The van der Waals surface area contributed by atoms with E-state index in [0.29, 0.717) is 5.75 Å². The first-order chi connectivity index (χ1) is 14.1. The molecule has 2 aromatic heterocycles. The second kappa shape index (κ2) is 8.48. The van der Waals surface area contributed by atoms with Gasteiger partial charge in [-0.15, -0.1) is 11.8 Å². The molecule has 8 heteroatoms. The second-order valence-corrected chi connectivity index (χ2v) is 8.14. The molecule has 0 fully saturated rings. The van der Waals surface area contributed by atoms with Crippen molar-refractivity contribution in [1.29, 1.82) is 0 Å². The highest BCUT2D eigenvalue weighted by Crippen LogP contribution is 2.27. The second-order valence-electron chi connectivity index (χ2n) is 6.81. The maximum absolute atomic E-state index is 12.4. The molecule has 0 bridgehead atoms. The van der Waals surface area contributed by atoms with E-state index in [1.54, 1.807) is 22.8 Å². The molecule has 0 spiro atoms. The summed E-state index contributed by atoms with van der Waals surface area (Å²) in [6.45, 7) is 4.04. The number of imidazole rings is 1. The number of para-hydroxylation sites is 2. The molecule has 2 atom stereocenters. The maximum Gasteiger partial charge on any atom is 0.230 e. The van der Waals surface area contributed by atoms with E-state index in [4.69, 9.17) is 0 Å². The Bertz CT molecular complexity index is 1060. The van der Waals surface area contributed by atoms with Crippen LogP contribution in [0.5, 0.6) is 0 Å². The highest BCUT2D eigenvalue weighted by atomic mass is 32.2. The lowest BCUT2D eigenvalue weighted by molar-refractivity contribution is -0.119. The minimum absolute atomic E-state index is 0.00538. The van der Waals surface area contributed by atoms with Gasteiger partial charge in [-0.1, -0.05) is 24.3 Å². The number of fused-ring (bicyclic) bond motifs is 1. The van der Waals surface area contributed by atoms with Crippen molar-refractivity contribution in [1.82, 2.24) is 30.0 Å². The van der Waals surface area contributed by atoms with Gasteiger partial charge in [-0.05, 0) is 43.7 Å². The lowest BCUT2D eigenvalue weighted by atomic mass is 10.1. The van der Waals surface area contributed by atoms with Gasteiger partial charge in [0.1, 0.15) is 18.5 Å². The molecular weight excluding hydrogens is 384 g/mol. The van der Waals surface area contributed by atoms with Gasteiger partial charge in [0, 0.05) is 0 Å². The lowest BCUT2D eigenvalue weighted by Gasteiger charge is -2.15. The van der Waals surface area contributed by atoms with Crippen LogP contribution in [-0.4, -0.2) is 36.4 Å². The summed E-state index contributed by atoms with van der Waals surface area (Å²) < 4.78 is 1.70. The van der Waals surface area contributed by atoms with Crippen LogP contribution in [0.4, 0.5) is 0 Å². The van der Waals surface area contributed by atoms with Crippen LogP contribution in [-0.2, 0) is 4.79 Å². The zero-order valence-corrected chi connectivity index (χ0v) is 17.1. The fourth-order valence-electron chi connectivity index (χ4n) is 3.07. The van der Waals surface area contributed by atoms with Crippen LogP contribution < -0.4 is 5.32 Å². The van der Waals surface area contributed by atoms with E-state index >= 15 is 0 Å². The Labute approximate surface area is 173 Å². The summed E-state index contributed by atoms with van der Waals surface area (Å²) >= 11 is 1.57. The first-order valence-electron chi connectivity index (χ1n) is 9.41. The van der Waals surface area contributed by atoms with Crippen LogP contribution in [0.1, 0.15) is 36.5 Å². The number of amides is 1. The average Bonchev–Trinajstić information content (AvgIpc) is 3.42. The summed E-state index contributed by atoms with van der Waals surface area (Å²) in [6, 6.07) is 15.8. The topological polar surface area (TPSA) is 88.5 Å². The Balaban J connectivity index is 1.30. The smallest absolute Gasteiger partial charge is 0.230 e. The van der Waals surface area contributed by atoms with Crippen LogP contribution in [0.25, 0.3) is 16.7 Å². The Morgan fingerprint density at radius 3 is 2.69 bits per heavy atom. The summed E-state index contributed by atoms with van der Waals surface area (Å²) in [5, 5.41) is 7.28. The maximum atomic E-state index is 12.4. The zero-order chi connectivity index (χ0) is 20.2. The quantitative estimate of drug-likeness (QED) is 0.487. The molecular formula is C21H22N6OS. The summed E-state index contributed by atoms with van der Waals surface area (Å²) in [4.78, 5) is 24.3. The van der Waals surface area contributed by atoms with Crippen LogP contribution in [0.2, 0.25) is 0 Å². The van der Waals surface area contributed by atoms with E-state index in [1.807, 2.05) is 55.5 Å². The van der Waals surface area contributed by atoms with Crippen molar-refractivity contribution < 1.29 is 4.79 Å². The molecule has 2 heterocycles. The molecule has 4 rings (SSSR count). The third-order valence-corrected chi connectivity index (χ3v) is 5.86. The Kier molecular flexibility index (Phi) is 5.62. The van der Waals surface area contributed by atoms with E-state index in [1.165, 1.54) is 6.33 Å². The first kappa shape index (κ1) is 19.2. The molecule has 7 nitrogen and oxygen atoms in total. The zero-order valence-electron chi connectivity index (χ0n) is 16.2. The fourth-order valence-corrected chi connectivity index (χ4v) is 3.82. The van der Waals surface area contributed by atoms with Gasteiger partial charge in [-0.25, -0.2) is 14.6 Å². The molecule has 0 saturated heterocycles. The molecule has 0 aliphatic heterocycles. The number of H-pyrrole nitrogens is 1. The third-order valence-electron chi connectivity index (χ3n) is 4.71. The number of nitrogens with one attached hydrogen (secondary N) is 2. The Morgan fingerprint density at radius 2 is 1.97 bits per heavy atom. The van der Waals surface area contributed by atoms with Gasteiger partial charge < -0.3 is 10.3 Å². The molecule has 4 aromatic rings. The number of thioether (sulfide) groups is 1. The van der Waals surface area contributed by atoms with Crippen LogP contribution in [0, 0.1) is 0 Å². The van der Waals surface area contributed by atoms with Gasteiger partial charge in [-0.3, -0.25) is 4.79 Å². The van der Waals surface area contributed by atoms with E-state index in [9.17, 15) is 4.79 Å². The minimum atomic E-state index is -0.0746. The molecule has 2 N–H and O–H groups in total. The van der Waals surface area contributed by atoms with Gasteiger partial charge in [0.05, 0.1) is 33.8 Å². The van der Waals surface area contributed by atoms with Crippen molar-refractivity contribution in [3.8, 4) is 5.69 Å². The van der Waals surface area contributed by atoms with E-state index in [-0.39, 0.29) is 17.2 Å². The highest BCUT2D eigenvalue weighted by molar-refractivity contribution is 8.00. The highest BCUT2D eigenvalue weighted by Gasteiger charge is 2.15. The number of aromatic amines is 1. The molecule has 1 amide bonds. The van der Waals surface area contributed by atoms with Crippen LogP contribution in [0.3, 0.4) is 0 Å². The van der Waals surface area contributed by atoms with Crippen molar-refractivity contribution in [2.24, 2.45) is 0 Å². The molecule has 29 heavy (non-hydrogen) atoms. The number of carbonyl (C=O) groups excluding carboxylic acids is 1. The van der Waals surface area contributed by atoms with E-state index in [2.05, 4.69) is 32.3 Å². The first-order valence-corrected chi connectivity index (χ1v) is 10.5. The number of benzene rings is 2. The Hall–Kier alpha value is -3.13. The normalized spacial score (nSPS) is 13.3. The number of nitrogens with zero attached hydrogens (tertiary/aromatic N) is 4. The predicted molar refractivity (Wildman–Crippen MR) is 115 cm³/mol. The lowest BCUT2D eigenvalue weighted by Crippen LogP contribution is -2.28. The minimum Gasteiger partial charge on any atom is -0.349 e. The number of carbonyl (C=O) groups is 1. The van der Waals surface area contributed by atoms with Gasteiger partial charge in [0.2, 0.25) is 5.91 Å². The van der Waals surface area contributed by atoms with Gasteiger partial charge in [0.15, 0.2) is 0 Å². The number of hydrogen-bond donors (Lipinski definition) is 2. The average molecular weight is 407 g/mol. The van der Waals surface area contributed by atoms with Gasteiger partial charge >= 0.3 is 0 Å². The van der Waals surface area contributed by atoms with E-state index < -0.39 is 0 Å². The Morgan fingerprint density at radius 1 is 1.17 bits per heavy atom. The van der Waals surface area contributed by atoms with Crippen LogP contribution >= 0.6 is 11.8 Å². The summed E-state index contributed by atoms with van der Waals surface area (Å²) in [7, 11) is 0. The molecule has 0 radical (unpaired) electrons. The molecule has 0 saturated carbocycles. The molecule has 148 valence electrons. The predicted octanol–water partition coefficient (Wildman–Crippen LogP) is 3.82. The monoisotopic (exact) mass is 406 g/mol. The van der Waals surface area contributed by atoms with Crippen molar-refractivity contribution in [2.75, 3.05) is 5.75 Å². The fraction of sp³-hybridized carbons (Fsp3) is 0.238. The van der Waals surface area contributed by atoms with Crippen molar-refractivity contribution in [3.05, 3.63) is 72.6 Å². The van der Waals surface area contributed by atoms with Crippen molar-refractivity contribution in [2.45, 2.75) is 25.1 Å². The van der Waals surface area contributed by atoms with Crippen molar-refractivity contribution >= 4 is 28.7 Å². The summed E-state index contributed by atoms with van der Waals surface area (Å²) in [5.74, 6) is 1.27. The van der Waals surface area contributed by atoms with Gasteiger partial charge in [0.25, 0.3) is 0 Å². The molecule has 0 aliphatic carbocycles. The number of rotatable bonds is 7. The summed E-state index contributed by atoms with van der Waals surface area (Å²) in [5.41, 5.74) is 3.93. The SMILES string of the molecule is C[C@H](NC(=O)CS[C@@H](C)c1nc2ccccc2[nH]1)c1ccc(-n2cncn2)cc1. The molecule has 0 unspecified atom stereocenters. The summed E-state index contributed by atoms with van der Waals surface area (Å²) in [6.07, 6.45) is 3.15. The number of aromatic nitrogens is 5. The molecule has 2 aromatic carbocycles. The van der Waals surface area contributed by atoms with Crippen LogP contribution in [0.15, 0.2) is 61.2 Å². The standard InChI is InChI=1S/C21H22N6OS/c1-14(16-7-9-17(10-8-16)27-13-22-12-23-27)24-20(28)11-29-15(2)21-25-18-5-3-4-6-19(18)26-21/h3-10,12-15H,11H2,1-2H3,(H,24,28)(H,25,26)/t14-,15-/m0/s1.